The summed E-state index contributed by atoms with van der Waals surface area (Å²) in [5.74, 6) is -0.0993. The maximum atomic E-state index is 13.6. The maximum absolute atomic E-state index is 13.6. The van der Waals surface area contributed by atoms with Crippen LogP contribution in [0.4, 0.5) is 0 Å². The fraction of sp³-hybridized carbons (Fsp3) is 0.452. The van der Waals surface area contributed by atoms with Gasteiger partial charge in [0.2, 0.25) is 21.8 Å². The summed E-state index contributed by atoms with van der Waals surface area (Å²) < 4.78 is 35.7. The molecule has 2 heterocycles. The molecule has 45 heavy (non-hydrogen) atoms. The van der Waals surface area contributed by atoms with Gasteiger partial charge < -0.3 is 26.0 Å². The van der Waals surface area contributed by atoms with Gasteiger partial charge in [0.25, 0.3) is 0 Å². The molecule has 1 aliphatic heterocycles. The van der Waals surface area contributed by atoms with Gasteiger partial charge in [-0.15, -0.1) is 0 Å². The van der Waals surface area contributed by atoms with E-state index in [-0.39, 0.29) is 46.1 Å². The molecule has 0 radical (unpaired) electrons. The first-order chi connectivity index (χ1) is 21.2. The van der Waals surface area contributed by atoms with Crippen LogP contribution in [0.25, 0.3) is 10.9 Å². The van der Waals surface area contributed by atoms with Crippen LogP contribution < -0.4 is 20.9 Å². The van der Waals surface area contributed by atoms with Crippen molar-refractivity contribution in [1.82, 2.24) is 19.5 Å². The third kappa shape index (κ3) is 8.24. The number of nitrogens with one attached hydrogen (secondary N) is 1. The molecule has 0 unspecified atom stereocenters. The lowest BCUT2D eigenvalue weighted by Gasteiger charge is -2.39. The maximum Gasteiger partial charge on any atom is 0.243 e. The molecule has 0 aliphatic carbocycles. The number of hydrogen-bond donors (Lipinski definition) is 3. The van der Waals surface area contributed by atoms with Crippen LogP contribution in [0.5, 0.6) is 5.75 Å². The topological polar surface area (TPSA) is 161 Å². The highest BCUT2D eigenvalue weighted by molar-refractivity contribution is 7.89. The van der Waals surface area contributed by atoms with Crippen molar-refractivity contribution in [2.24, 2.45) is 11.5 Å². The molecule has 2 amide bonds. The molecule has 1 fully saturated rings. The number of ether oxygens (including phenoxy) is 1. The first-order valence-electron chi connectivity index (χ1n) is 14.8. The Hall–Kier alpha value is -3.00. The summed E-state index contributed by atoms with van der Waals surface area (Å²) in [5.41, 5.74) is 11.8. The highest BCUT2D eigenvalue weighted by Gasteiger charge is 2.39. The minimum Gasteiger partial charge on any atom is -0.487 e. The van der Waals surface area contributed by atoms with Gasteiger partial charge >= 0.3 is 0 Å². The van der Waals surface area contributed by atoms with Crippen molar-refractivity contribution in [2.45, 2.75) is 63.1 Å². The molecule has 11 nitrogen and oxygen atoms in total. The van der Waals surface area contributed by atoms with Gasteiger partial charge in [-0.1, -0.05) is 47.8 Å². The number of sulfonamides is 1. The summed E-state index contributed by atoms with van der Waals surface area (Å²) in [6.45, 7) is 6.38. The smallest absolute Gasteiger partial charge is 0.243 e. The van der Waals surface area contributed by atoms with Gasteiger partial charge in [0, 0.05) is 47.8 Å². The number of hydrogen-bond acceptors (Lipinski definition) is 8. The summed E-state index contributed by atoms with van der Waals surface area (Å²) in [6.07, 6.45) is 2.11. The van der Waals surface area contributed by atoms with E-state index in [1.807, 2.05) is 31.2 Å². The Kier molecular flexibility index (Phi) is 11.3. The van der Waals surface area contributed by atoms with E-state index in [0.29, 0.717) is 37.3 Å². The van der Waals surface area contributed by atoms with Crippen LogP contribution in [-0.4, -0.2) is 79.3 Å². The highest BCUT2D eigenvalue weighted by Crippen LogP contribution is 2.34. The first kappa shape index (κ1) is 34.9. The molecule has 244 valence electrons. The van der Waals surface area contributed by atoms with Crippen molar-refractivity contribution in [3.05, 3.63) is 63.8 Å². The standard InChI is InChI=1S/C31H40Cl2N6O5S/c1-20-10-11-21-7-6-9-25(28(21)36-20)44-19-22-23(32)12-13-26(27(22)33)45(42,43)37-31(2,3)30(41)39-17-15-38(16-18-39)29(40)24(35)8-4-5-14-34/h6-7,9-13,24,37H,4-5,8,14-19,34-35H2,1-3H3/t24-/m0/s1. The molecule has 0 saturated carbocycles. The molecular formula is C31H40Cl2N6O5S. The molecule has 0 bridgehead atoms. The second-order valence-corrected chi connectivity index (χ2v) is 14.1. The fourth-order valence-electron chi connectivity index (χ4n) is 5.23. The number of aromatic nitrogens is 1. The molecule has 4 rings (SSSR count). The number of benzene rings is 2. The van der Waals surface area contributed by atoms with Crippen LogP contribution >= 0.6 is 23.2 Å². The molecule has 14 heteroatoms. The minimum absolute atomic E-state index is 0.113. The number of nitrogens with zero attached hydrogens (tertiary/aromatic N) is 3. The molecule has 5 N–H and O–H groups in total. The Balaban J connectivity index is 1.44. The Morgan fingerprint density at radius 3 is 2.42 bits per heavy atom. The van der Waals surface area contributed by atoms with Gasteiger partial charge in [0.1, 0.15) is 28.3 Å². The van der Waals surface area contributed by atoms with Gasteiger partial charge in [-0.05, 0) is 64.4 Å². The van der Waals surface area contributed by atoms with Gasteiger partial charge in [-0.25, -0.2) is 13.4 Å². The predicted octanol–water partition coefficient (Wildman–Crippen LogP) is 3.61. The minimum atomic E-state index is -4.29. The molecule has 1 atom stereocenters. The van der Waals surface area contributed by atoms with E-state index in [1.54, 1.807) is 11.0 Å². The van der Waals surface area contributed by atoms with E-state index in [9.17, 15) is 18.0 Å². The van der Waals surface area contributed by atoms with Crippen molar-refractivity contribution in [3.63, 3.8) is 0 Å². The number of pyridine rings is 1. The molecular weight excluding hydrogens is 639 g/mol. The second-order valence-electron chi connectivity index (χ2n) is 11.6. The van der Waals surface area contributed by atoms with Crippen molar-refractivity contribution >= 4 is 55.9 Å². The van der Waals surface area contributed by atoms with Crippen LogP contribution in [0.3, 0.4) is 0 Å². The van der Waals surface area contributed by atoms with E-state index in [1.165, 1.54) is 30.9 Å². The van der Waals surface area contributed by atoms with Crippen LogP contribution in [-0.2, 0) is 26.2 Å². The average molecular weight is 680 g/mol. The van der Waals surface area contributed by atoms with Gasteiger partial charge in [0.15, 0.2) is 0 Å². The zero-order valence-corrected chi connectivity index (χ0v) is 28.0. The van der Waals surface area contributed by atoms with Gasteiger partial charge in [0.05, 0.1) is 11.1 Å². The number of piperazine rings is 1. The van der Waals surface area contributed by atoms with Crippen LogP contribution in [0, 0.1) is 6.92 Å². The number of carbonyl (C=O) groups excluding carboxylic acids is 2. The Labute approximate surface area is 274 Å². The summed E-state index contributed by atoms with van der Waals surface area (Å²) in [6, 6.07) is 11.5. The van der Waals surface area contributed by atoms with E-state index in [2.05, 4.69) is 9.71 Å². The number of nitrogens with two attached hydrogens (primary N) is 2. The quantitative estimate of drug-likeness (QED) is 0.245. The molecule has 1 aromatic heterocycles. The molecule has 3 aromatic rings. The normalized spacial score (nSPS) is 14.9. The largest absolute Gasteiger partial charge is 0.487 e. The van der Waals surface area contributed by atoms with Crippen LogP contribution in [0.2, 0.25) is 10.0 Å². The van der Waals surface area contributed by atoms with Crippen molar-refractivity contribution in [2.75, 3.05) is 32.7 Å². The highest BCUT2D eigenvalue weighted by atomic mass is 35.5. The van der Waals surface area contributed by atoms with Crippen molar-refractivity contribution in [3.8, 4) is 5.75 Å². The molecule has 1 saturated heterocycles. The molecule has 0 spiro atoms. The van der Waals surface area contributed by atoms with Crippen molar-refractivity contribution < 1.29 is 22.7 Å². The Morgan fingerprint density at radius 1 is 1.04 bits per heavy atom. The Morgan fingerprint density at radius 2 is 1.73 bits per heavy atom. The lowest BCUT2D eigenvalue weighted by molar-refractivity contribution is -0.143. The Bertz CT molecular complexity index is 1660. The number of carbonyl (C=O) groups is 2. The zero-order chi connectivity index (χ0) is 32.9. The zero-order valence-electron chi connectivity index (χ0n) is 25.7. The molecule has 1 aliphatic rings. The number of rotatable bonds is 12. The van der Waals surface area contributed by atoms with E-state index in [0.717, 1.165) is 23.9 Å². The summed E-state index contributed by atoms with van der Waals surface area (Å²) in [5, 5.41) is 1.00. The van der Waals surface area contributed by atoms with E-state index < -0.39 is 27.5 Å². The number of aryl methyl sites for hydroxylation is 1. The second kappa shape index (κ2) is 14.6. The summed E-state index contributed by atoms with van der Waals surface area (Å²) in [4.78, 5) is 33.7. The third-order valence-corrected chi connectivity index (χ3v) is 10.3. The molecule has 2 aromatic carbocycles. The predicted molar refractivity (Wildman–Crippen MR) is 176 cm³/mol. The number of unbranched alkanes of at least 4 members (excludes halogenated alkanes) is 1. The average Bonchev–Trinajstić information content (AvgIpc) is 2.99. The fourth-order valence-corrected chi connectivity index (χ4v) is 7.49. The number of amides is 2. The van der Waals surface area contributed by atoms with E-state index in [4.69, 9.17) is 39.4 Å². The lowest BCUT2D eigenvalue weighted by atomic mass is 10.0. The number of fused-ring (bicyclic) bond motifs is 1. The third-order valence-electron chi connectivity index (χ3n) is 7.72. The summed E-state index contributed by atoms with van der Waals surface area (Å²) >= 11 is 13.1. The van der Waals surface area contributed by atoms with Gasteiger partial charge in [-0.2, -0.15) is 4.72 Å². The van der Waals surface area contributed by atoms with Gasteiger partial charge in [-0.3, -0.25) is 9.59 Å². The summed E-state index contributed by atoms with van der Waals surface area (Å²) in [7, 11) is -4.29. The van der Waals surface area contributed by atoms with Crippen LogP contribution in [0.15, 0.2) is 47.4 Å². The number of halogens is 2. The monoisotopic (exact) mass is 678 g/mol. The SMILES string of the molecule is Cc1ccc2cccc(OCc3c(Cl)ccc(S(=O)(=O)NC(C)(C)C(=O)N4CCN(C(=O)[C@@H](N)CCCCN)CC4)c3Cl)c2n1. The van der Waals surface area contributed by atoms with Crippen molar-refractivity contribution in [1.29, 1.82) is 0 Å². The van der Waals surface area contributed by atoms with Crippen LogP contribution in [0.1, 0.15) is 44.4 Å². The number of para-hydroxylation sites is 1. The lowest BCUT2D eigenvalue weighted by Crippen LogP contribution is -2.61. The first-order valence-corrected chi connectivity index (χ1v) is 17.0. The van der Waals surface area contributed by atoms with E-state index >= 15 is 0 Å².